The molecule has 4 rings (SSSR count). The molecule has 1 amide bonds. The fraction of sp³-hybridized carbons (Fsp3) is 0.263. The van der Waals surface area contributed by atoms with Gasteiger partial charge in [0.2, 0.25) is 0 Å². The van der Waals surface area contributed by atoms with Crippen LogP contribution in [0.25, 0.3) is 11.3 Å². The predicted molar refractivity (Wildman–Crippen MR) is 95.4 cm³/mol. The Bertz CT molecular complexity index is 873. The molecule has 0 unspecified atom stereocenters. The van der Waals surface area contributed by atoms with Gasteiger partial charge in [0.15, 0.2) is 5.82 Å². The molecule has 134 valence electrons. The minimum atomic E-state index is -0.263. The number of nitrogens with one attached hydrogen (secondary N) is 2. The smallest absolute Gasteiger partial charge is 0.254 e. The first-order valence-electron chi connectivity index (χ1n) is 8.58. The van der Waals surface area contributed by atoms with Crippen molar-refractivity contribution in [2.75, 3.05) is 18.0 Å². The van der Waals surface area contributed by atoms with Crippen molar-refractivity contribution >= 4 is 11.7 Å². The number of hydrogen-bond donors (Lipinski definition) is 2. The molecule has 1 aromatic carbocycles. The van der Waals surface area contributed by atoms with E-state index in [4.69, 9.17) is 4.42 Å². The van der Waals surface area contributed by atoms with Crippen LogP contribution in [0.15, 0.2) is 53.3 Å². The number of anilines is 1. The second-order valence-electron chi connectivity index (χ2n) is 6.42. The Labute approximate surface area is 150 Å². The zero-order valence-electron chi connectivity index (χ0n) is 14.1. The quantitative estimate of drug-likeness (QED) is 0.754. The third-order valence-electron chi connectivity index (χ3n) is 4.58. The van der Waals surface area contributed by atoms with Crippen LogP contribution < -0.4 is 10.2 Å². The summed E-state index contributed by atoms with van der Waals surface area (Å²) in [5.74, 6) is 0.437. The monoisotopic (exact) mass is 354 g/mol. The number of halogens is 1. The molecule has 1 saturated heterocycles. The zero-order valence-corrected chi connectivity index (χ0v) is 14.1. The molecule has 0 spiro atoms. The summed E-state index contributed by atoms with van der Waals surface area (Å²) in [5, 5.41) is 10.4. The maximum absolute atomic E-state index is 13.1. The zero-order chi connectivity index (χ0) is 17.9. The van der Waals surface area contributed by atoms with E-state index in [0.717, 1.165) is 36.5 Å². The van der Waals surface area contributed by atoms with Gasteiger partial charge in [-0.15, -0.1) is 0 Å². The van der Waals surface area contributed by atoms with Crippen LogP contribution in [-0.4, -0.2) is 35.2 Å². The third kappa shape index (κ3) is 3.46. The number of carbonyl (C=O) groups is 1. The van der Waals surface area contributed by atoms with Crippen molar-refractivity contribution < 1.29 is 13.6 Å². The van der Waals surface area contributed by atoms with Gasteiger partial charge in [-0.25, -0.2) is 4.39 Å². The molecule has 7 heteroatoms. The fourth-order valence-corrected chi connectivity index (χ4v) is 3.22. The Morgan fingerprint density at radius 1 is 1.31 bits per heavy atom. The van der Waals surface area contributed by atoms with Crippen molar-refractivity contribution in [2.24, 2.45) is 0 Å². The summed E-state index contributed by atoms with van der Waals surface area (Å²) in [6, 6.07) is 9.95. The van der Waals surface area contributed by atoms with Gasteiger partial charge in [0, 0.05) is 25.2 Å². The molecule has 1 atom stereocenters. The first-order valence-corrected chi connectivity index (χ1v) is 8.58. The number of amides is 1. The number of carbonyl (C=O) groups excluding carboxylic acids is 1. The van der Waals surface area contributed by atoms with Gasteiger partial charge in [-0.1, -0.05) is 0 Å². The highest BCUT2D eigenvalue weighted by molar-refractivity contribution is 5.94. The molecule has 0 bridgehead atoms. The van der Waals surface area contributed by atoms with E-state index in [1.807, 2.05) is 6.07 Å². The Kier molecular flexibility index (Phi) is 4.43. The molecule has 1 aliphatic rings. The molecule has 1 fully saturated rings. The highest BCUT2D eigenvalue weighted by Crippen LogP contribution is 2.24. The van der Waals surface area contributed by atoms with Crippen LogP contribution in [0.2, 0.25) is 0 Å². The number of benzene rings is 1. The summed E-state index contributed by atoms with van der Waals surface area (Å²) in [5.41, 5.74) is 2.25. The number of nitrogens with zero attached hydrogens (tertiary/aromatic N) is 2. The molecule has 0 aliphatic carbocycles. The van der Waals surface area contributed by atoms with E-state index in [2.05, 4.69) is 20.4 Å². The standard InChI is InChI=1S/C19H19FN4O2/c20-15-5-3-13(4-6-15)17-10-18(23-22-17)24-8-1-2-16(11-24)21-19(25)14-7-9-26-12-14/h3-7,9-10,12,16H,1-2,8,11H2,(H,21,25)(H,22,23)/t16-/m1/s1. The van der Waals surface area contributed by atoms with Crippen LogP contribution in [0.5, 0.6) is 0 Å². The molecule has 6 nitrogen and oxygen atoms in total. The van der Waals surface area contributed by atoms with Crippen molar-refractivity contribution in [1.82, 2.24) is 15.5 Å². The molecule has 3 aromatic rings. The first-order chi connectivity index (χ1) is 12.7. The van der Waals surface area contributed by atoms with Gasteiger partial charge >= 0.3 is 0 Å². The maximum atomic E-state index is 13.1. The summed E-state index contributed by atoms with van der Waals surface area (Å²) < 4.78 is 18.0. The van der Waals surface area contributed by atoms with Gasteiger partial charge in [-0.2, -0.15) is 5.10 Å². The minimum absolute atomic E-state index is 0.0529. The van der Waals surface area contributed by atoms with Gasteiger partial charge in [-0.05, 0) is 48.7 Å². The lowest BCUT2D eigenvalue weighted by molar-refractivity contribution is 0.0932. The van der Waals surface area contributed by atoms with Crippen LogP contribution in [0, 0.1) is 5.82 Å². The first kappa shape index (κ1) is 16.4. The highest BCUT2D eigenvalue weighted by Gasteiger charge is 2.24. The van der Waals surface area contributed by atoms with E-state index in [9.17, 15) is 9.18 Å². The Balaban J connectivity index is 1.43. The number of H-pyrrole nitrogens is 1. The maximum Gasteiger partial charge on any atom is 0.254 e. The molecule has 2 N–H and O–H groups in total. The fourth-order valence-electron chi connectivity index (χ4n) is 3.22. The third-order valence-corrected chi connectivity index (χ3v) is 4.58. The molecule has 3 heterocycles. The van der Waals surface area contributed by atoms with E-state index >= 15 is 0 Å². The van der Waals surface area contributed by atoms with E-state index in [-0.39, 0.29) is 17.8 Å². The van der Waals surface area contributed by atoms with Crippen molar-refractivity contribution in [1.29, 1.82) is 0 Å². The molecule has 2 aromatic heterocycles. The molecular weight excluding hydrogens is 335 g/mol. The van der Waals surface area contributed by atoms with E-state index < -0.39 is 0 Å². The number of aromatic nitrogens is 2. The van der Waals surface area contributed by atoms with Crippen LogP contribution in [0.1, 0.15) is 23.2 Å². The number of aromatic amines is 1. The summed E-state index contributed by atoms with van der Waals surface area (Å²) >= 11 is 0. The molecule has 26 heavy (non-hydrogen) atoms. The van der Waals surface area contributed by atoms with E-state index in [1.54, 1.807) is 18.2 Å². The van der Waals surface area contributed by atoms with Crippen molar-refractivity contribution in [3.8, 4) is 11.3 Å². The van der Waals surface area contributed by atoms with Crippen molar-refractivity contribution in [3.05, 3.63) is 60.3 Å². The van der Waals surface area contributed by atoms with Crippen LogP contribution >= 0.6 is 0 Å². The van der Waals surface area contributed by atoms with Gasteiger partial charge in [0.25, 0.3) is 5.91 Å². The Morgan fingerprint density at radius 3 is 2.92 bits per heavy atom. The topological polar surface area (TPSA) is 74.2 Å². The van der Waals surface area contributed by atoms with Crippen molar-refractivity contribution in [3.63, 3.8) is 0 Å². The largest absolute Gasteiger partial charge is 0.472 e. The molecule has 0 saturated carbocycles. The lowest BCUT2D eigenvalue weighted by atomic mass is 10.1. The number of furan rings is 1. The molecule has 0 radical (unpaired) electrons. The number of rotatable bonds is 4. The Morgan fingerprint density at radius 2 is 2.15 bits per heavy atom. The predicted octanol–water partition coefficient (Wildman–Crippen LogP) is 3.21. The summed E-state index contributed by atoms with van der Waals surface area (Å²) in [4.78, 5) is 14.3. The summed E-state index contributed by atoms with van der Waals surface area (Å²) in [6.45, 7) is 1.57. The number of piperidine rings is 1. The second kappa shape index (κ2) is 7.03. The summed E-state index contributed by atoms with van der Waals surface area (Å²) in [6.07, 6.45) is 4.83. The second-order valence-corrected chi connectivity index (χ2v) is 6.42. The highest BCUT2D eigenvalue weighted by atomic mass is 19.1. The Hall–Kier alpha value is -3.09. The van der Waals surface area contributed by atoms with Crippen LogP contribution in [0.3, 0.4) is 0 Å². The van der Waals surface area contributed by atoms with Gasteiger partial charge in [0.05, 0.1) is 17.5 Å². The lowest BCUT2D eigenvalue weighted by Crippen LogP contribution is -2.47. The average molecular weight is 354 g/mol. The normalized spacial score (nSPS) is 17.3. The lowest BCUT2D eigenvalue weighted by Gasteiger charge is -2.33. The average Bonchev–Trinajstić information content (AvgIpc) is 3.35. The van der Waals surface area contributed by atoms with E-state index in [1.165, 1.54) is 24.7 Å². The summed E-state index contributed by atoms with van der Waals surface area (Å²) in [7, 11) is 0. The number of hydrogen-bond acceptors (Lipinski definition) is 4. The molecular formula is C19H19FN4O2. The van der Waals surface area contributed by atoms with Crippen LogP contribution in [-0.2, 0) is 0 Å². The van der Waals surface area contributed by atoms with Gasteiger partial charge in [0.1, 0.15) is 12.1 Å². The van der Waals surface area contributed by atoms with Gasteiger partial charge < -0.3 is 14.6 Å². The molecule has 1 aliphatic heterocycles. The van der Waals surface area contributed by atoms with E-state index in [0.29, 0.717) is 12.1 Å². The van der Waals surface area contributed by atoms with Gasteiger partial charge in [-0.3, -0.25) is 9.89 Å². The minimum Gasteiger partial charge on any atom is -0.472 e. The van der Waals surface area contributed by atoms with Crippen LogP contribution in [0.4, 0.5) is 10.2 Å². The van der Waals surface area contributed by atoms with Crippen molar-refractivity contribution in [2.45, 2.75) is 18.9 Å². The SMILES string of the molecule is O=C(N[C@@H]1CCCN(c2cc(-c3ccc(F)cc3)[nH]n2)C1)c1ccoc1.